The average Bonchev–Trinajstić information content (AvgIpc) is 2.75. The highest BCUT2D eigenvalue weighted by Crippen LogP contribution is 2.27. The number of amides is 1. The summed E-state index contributed by atoms with van der Waals surface area (Å²) in [4.78, 5) is 13.2. The topological polar surface area (TPSA) is 66.5 Å². The number of nitrogens with one attached hydrogen (secondary N) is 1. The smallest absolute Gasteiger partial charge is 0.244 e. The van der Waals surface area contributed by atoms with Gasteiger partial charge in [0.15, 0.2) is 0 Å². The zero-order chi connectivity index (χ0) is 22.6. The van der Waals surface area contributed by atoms with Crippen LogP contribution in [0.25, 0.3) is 0 Å². The first-order chi connectivity index (χ1) is 14.7. The number of anilines is 1. The van der Waals surface area contributed by atoms with Gasteiger partial charge in [-0.15, -0.1) is 0 Å². The molecule has 31 heavy (non-hydrogen) atoms. The number of benzene rings is 2. The number of carbonyl (C=O) groups excluding carboxylic acids is 1. The highest BCUT2D eigenvalue weighted by molar-refractivity contribution is 7.92. The number of rotatable bonds is 8. The molecule has 2 unspecified atom stereocenters. The maximum Gasteiger partial charge on any atom is 0.244 e. The standard InChI is InChI=1S/C24H31FN2O3S/c1-4-22(19-11-10-17-8-6-7-9-18(17)16-19)26-24(28)23(5-2)27(31(3,29)30)21-14-12-20(25)13-15-21/h10-16,22-23H,4-9H2,1-3H3,(H,26,28). The third-order valence-corrected chi connectivity index (χ3v) is 7.09. The molecule has 2 aromatic carbocycles. The van der Waals surface area contributed by atoms with Crippen LogP contribution < -0.4 is 9.62 Å². The van der Waals surface area contributed by atoms with Gasteiger partial charge in [-0.2, -0.15) is 0 Å². The lowest BCUT2D eigenvalue weighted by molar-refractivity contribution is -0.123. The van der Waals surface area contributed by atoms with Crippen LogP contribution >= 0.6 is 0 Å². The average molecular weight is 447 g/mol. The second-order valence-corrected chi connectivity index (χ2v) is 10.0. The maximum absolute atomic E-state index is 13.4. The number of aryl methyl sites for hydroxylation is 2. The van der Waals surface area contributed by atoms with Crippen molar-refractivity contribution in [3.05, 3.63) is 65.0 Å². The van der Waals surface area contributed by atoms with Gasteiger partial charge in [-0.25, -0.2) is 12.8 Å². The van der Waals surface area contributed by atoms with Crippen LogP contribution in [0, 0.1) is 5.82 Å². The van der Waals surface area contributed by atoms with Crippen molar-refractivity contribution < 1.29 is 17.6 Å². The molecule has 1 N–H and O–H groups in total. The summed E-state index contributed by atoms with van der Waals surface area (Å²) in [7, 11) is -3.76. The van der Waals surface area contributed by atoms with E-state index in [1.807, 2.05) is 6.92 Å². The van der Waals surface area contributed by atoms with Gasteiger partial charge in [0, 0.05) is 0 Å². The highest BCUT2D eigenvalue weighted by Gasteiger charge is 2.32. The van der Waals surface area contributed by atoms with Crippen molar-refractivity contribution >= 4 is 21.6 Å². The predicted molar refractivity (Wildman–Crippen MR) is 122 cm³/mol. The fourth-order valence-corrected chi connectivity index (χ4v) is 5.52. The van der Waals surface area contributed by atoms with Crippen LogP contribution in [0.2, 0.25) is 0 Å². The number of hydrogen-bond donors (Lipinski definition) is 1. The monoisotopic (exact) mass is 446 g/mol. The molecule has 0 aromatic heterocycles. The Labute approximate surface area is 184 Å². The van der Waals surface area contributed by atoms with Crippen LogP contribution in [0.5, 0.6) is 0 Å². The molecule has 0 spiro atoms. The van der Waals surface area contributed by atoms with Crippen LogP contribution in [-0.4, -0.2) is 26.6 Å². The lowest BCUT2D eigenvalue weighted by Crippen LogP contribution is -2.50. The van der Waals surface area contributed by atoms with E-state index in [2.05, 4.69) is 23.5 Å². The Morgan fingerprint density at radius 2 is 1.68 bits per heavy atom. The van der Waals surface area contributed by atoms with Crippen molar-refractivity contribution in [1.82, 2.24) is 5.32 Å². The largest absolute Gasteiger partial charge is 0.347 e. The fourth-order valence-electron chi connectivity index (χ4n) is 4.31. The van der Waals surface area contributed by atoms with Crippen LogP contribution in [0.1, 0.15) is 62.3 Å². The van der Waals surface area contributed by atoms with E-state index in [0.717, 1.165) is 29.0 Å². The lowest BCUT2D eigenvalue weighted by atomic mass is 9.88. The number of halogens is 1. The molecular formula is C24H31FN2O3S. The van der Waals surface area contributed by atoms with E-state index in [-0.39, 0.29) is 24.1 Å². The van der Waals surface area contributed by atoms with Crippen LogP contribution in [0.15, 0.2) is 42.5 Å². The predicted octanol–water partition coefficient (Wildman–Crippen LogP) is 4.52. The van der Waals surface area contributed by atoms with E-state index in [9.17, 15) is 17.6 Å². The van der Waals surface area contributed by atoms with E-state index < -0.39 is 21.9 Å². The molecule has 0 saturated carbocycles. The van der Waals surface area contributed by atoms with Crippen molar-refractivity contribution in [2.75, 3.05) is 10.6 Å². The lowest BCUT2D eigenvalue weighted by Gasteiger charge is -2.31. The molecule has 168 valence electrons. The molecule has 1 aliphatic rings. The molecule has 0 radical (unpaired) electrons. The summed E-state index contributed by atoms with van der Waals surface area (Å²) in [5.41, 5.74) is 4.03. The molecule has 0 bridgehead atoms. The van der Waals surface area contributed by atoms with Crippen molar-refractivity contribution in [3.63, 3.8) is 0 Å². The Kier molecular flexibility index (Phi) is 7.36. The van der Waals surface area contributed by atoms with Crippen molar-refractivity contribution in [2.45, 2.75) is 64.5 Å². The normalized spacial score (nSPS) is 15.6. The van der Waals surface area contributed by atoms with Crippen LogP contribution in [0.3, 0.4) is 0 Å². The third kappa shape index (κ3) is 5.45. The second kappa shape index (κ2) is 9.81. The molecule has 3 rings (SSSR count). The van der Waals surface area contributed by atoms with Gasteiger partial charge >= 0.3 is 0 Å². The number of hydrogen-bond acceptors (Lipinski definition) is 3. The molecule has 1 amide bonds. The van der Waals surface area contributed by atoms with Gasteiger partial charge in [-0.05, 0) is 79.5 Å². The van der Waals surface area contributed by atoms with E-state index >= 15 is 0 Å². The first-order valence-corrected chi connectivity index (χ1v) is 12.8. The fraction of sp³-hybridized carbons (Fsp3) is 0.458. The minimum atomic E-state index is -3.76. The van der Waals surface area contributed by atoms with Gasteiger partial charge in [-0.3, -0.25) is 9.10 Å². The van der Waals surface area contributed by atoms with E-state index in [0.29, 0.717) is 6.42 Å². The van der Waals surface area contributed by atoms with E-state index in [1.54, 1.807) is 6.92 Å². The number of nitrogens with zero attached hydrogens (tertiary/aromatic N) is 1. The Balaban J connectivity index is 1.86. The first-order valence-electron chi connectivity index (χ1n) is 10.9. The van der Waals surface area contributed by atoms with Gasteiger partial charge in [0.25, 0.3) is 0 Å². The quantitative estimate of drug-likeness (QED) is 0.649. The molecule has 7 heteroatoms. The molecule has 2 atom stereocenters. The van der Waals surface area contributed by atoms with Gasteiger partial charge in [0.05, 0.1) is 18.0 Å². The summed E-state index contributed by atoms with van der Waals surface area (Å²) in [5.74, 6) is -0.824. The Morgan fingerprint density at radius 1 is 1.03 bits per heavy atom. The molecule has 0 aliphatic heterocycles. The Hall–Kier alpha value is -2.41. The number of sulfonamides is 1. The first kappa shape index (κ1) is 23.3. The third-order valence-electron chi connectivity index (χ3n) is 5.91. The van der Waals surface area contributed by atoms with Gasteiger partial charge in [0.2, 0.25) is 15.9 Å². The molecule has 0 heterocycles. The van der Waals surface area contributed by atoms with Crippen molar-refractivity contribution in [1.29, 1.82) is 0 Å². The molecule has 2 aromatic rings. The molecule has 0 saturated heterocycles. The van der Waals surface area contributed by atoms with Gasteiger partial charge in [-0.1, -0.05) is 32.0 Å². The van der Waals surface area contributed by atoms with Crippen molar-refractivity contribution in [3.8, 4) is 0 Å². The summed E-state index contributed by atoms with van der Waals surface area (Å²) in [6.07, 6.45) is 6.58. The molecule has 0 fully saturated rings. The number of carbonyl (C=O) groups is 1. The summed E-state index contributed by atoms with van der Waals surface area (Å²) in [6.45, 7) is 3.77. The van der Waals surface area contributed by atoms with Crippen molar-refractivity contribution in [2.24, 2.45) is 0 Å². The zero-order valence-electron chi connectivity index (χ0n) is 18.4. The van der Waals surface area contributed by atoms with Crippen LogP contribution in [0.4, 0.5) is 10.1 Å². The SMILES string of the molecule is CCC(NC(=O)C(CC)N(c1ccc(F)cc1)S(C)(=O)=O)c1ccc2c(c1)CCCC2. The summed E-state index contributed by atoms with van der Waals surface area (Å²) in [6, 6.07) is 10.4. The molecule has 5 nitrogen and oxygen atoms in total. The second-order valence-electron chi connectivity index (χ2n) is 8.16. The van der Waals surface area contributed by atoms with E-state index in [1.165, 1.54) is 48.2 Å². The molecular weight excluding hydrogens is 415 g/mol. The molecule has 1 aliphatic carbocycles. The highest BCUT2D eigenvalue weighted by atomic mass is 32.2. The Morgan fingerprint density at radius 3 is 2.26 bits per heavy atom. The minimum absolute atomic E-state index is 0.205. The van der Waals surface area contributed by atoms with E-state index in [4.69, 9.17) is 0 Å². The van der Waals surface area contributed by atoms with Gasteiger partial charge in [0.1, 0.15) is 11.9 Å². The maximum atomic E-state index is 13.4. The summed E-state index contributed by atoms with van der Waals surface area (Å²) in [5, 5.41) is 3.06. The Bertz CT molecular complexity index is 1020. The number of fused-ring (bicyclic) bond motifs is 1. The summed E-state index contributed by atoms with van der Waals surface area (Å²) < 4.78 is 39.6. The van der Waals surface area contributed by atoms with Crippen LogP contribution in [-0.2, 0) is 27.7 Å². The minimum Gasteiger partial charge on any atom is -0.347 e. The zero-order valence-corrected chi connectivity index (χ0v) is 19.2. The summed E-state index contributed by atoms with van der Waals surface area (Å²) >= 11 is 0. The van der Waals surface area contributed by atoms with Gasteiger partial charge < -0.3 is 5.32 Å².